The molecule has 0 rings (SSSR count). The summed E-state index contributed by atoms with van der Waals surface area (Å²) in [6.45, 7) is 18.2. The van der Waals surface area contributed by atoms with E-state index in [0.29, 0.717) is 5.04 Å². The first-order valence-electron chi connectivity index (χ1n) is 6.16. The fraction of sp³-hybridized carbons (Fsp3) is 0.600. The predicted octanol–water partition coefficient (Wildman–Crippen LogP) is 4.47. The molecule has 0 saturated carbocycles. The Morgan fingerprint density at radius 1 is 0.765 bits per heavy atom. The second-order valence-electron chi connectivity index (χ2n) is 7.00. The fourth-order valence-electron chi connectivity index (χ4n) is 0.751. The first-order valence-corrected chi connectivity index (χ1v) is 12.7. The maximum absolute atomic E-state index is 3.44. The average molecular weight is 263 g/mol. The molecule has 0 radical (unpaired) electrons. The molecule has 0 aliphatic rings. The first kappa shape index (κ1) is 16.3. The molecule has 0 saturated heterocycles. The Hall–Kier alpha value is -0.706. The third kappa shape index (κ3) is 7.26. The highest BCUT2D eigenvalue weighted by Gasteiger charge is 2.33. The molecule has 0 aliphatic heterocycles. The molecule has 0 N–H and O–H groups in total. The van der Waals surface area contributed by atoms with Gasteiger partial charge in [0.05, 0.1) is 0 Å². The summed E-state index contributed by atoms with van der Waals surface area (Å²) in [6.07, 6.45) is 3.78. The van der Waals surface area contributed by atoms with Gasteiger partial charge in [0.2, 0.25) is 0 Å². The molecule has 17 heavy (non-hydrogen) atoms. The minimum Gasteiger partial charge on any atom is -0.127 e. The third-order valence-corrected chi connectivity index (χ3v) is 8.37. The van der Waals surface area contributed by atoms with Crippen LogP contribution in [0.4, 0.5) is 0 Å². The largest absolute Gasteiger partial charge is 0.138 e. The molecule has 0 aromatic rings. The van der Waals surface area contributed by atoms with Gasteiger partial charge in [-0.15, -0.1) is 11.1 Å². The average Bonchev–Trinajstić information content (AvgIpc) is 2.07. The molecule has 0 nitrogen and oxygen atoms in total. The van der Waals surface area contributed by atoms with Gasteiger partial charge in [0.25, 0.3) is 0 Å². The van der Waals surface area contributed by atoms with Crippen molar-refractivity contribution >= 4 is 16.1 Å². The molecule has 0 unspecified atom stereocenters. The molecule has 94 valence electrons. The maximum Gasteiger partial charge on any atom is 0.138 e. The van der Waals surface area contributed by atoms with Crippen molar-refractivity contribution < 1.29 is 0 Å². The van der Waals surface area contributed by atoms with Crippen LogP contribution in [0.1, 0.15) is 20.8 Å². The van der Waals surface area contributed by atoms with Crippen molar-refractivity contribution in [1.82, 2.24) is 0 Å². The minimum atomic E-state index is -1.45. The maximum atomic E-state index is 3.44. The van der Waals surface area contributed by atoms with Crippen LogP contribution in [0, 0.1) is 22.9 Å². The lowest BCUT2D eigenvalue weighted by molar-refractivity contribution is 0.731. The molecular formula is C15H26Si2. The summed E-state index contributed by atoms with van der Waals surface area (Å²) < 4.78 is 0. The van der Waals surface area contributed by atoms with Gasteiger partial charge in [-0.2, -0.15) is 0 Å². The Kier molecular flexibility index (Phi) is 5.52. The Bertz CT molecular complexity index is 393. The van der Waals surface area contributed by atoms with Crippen LogP contribution < -0.4 is 0 Å². The first-order chi connectivity index (χ1) is 7.46. The zero-order valence-corrected chi connectivity index (χ0v) is 14.7. The smallest absolute Gasteiger partial charge is 0.127 e. The molecule has 0 amide bonds. The van der Waals surface area contributed by atoms with E-state index in [2.05, 4.69) is 76.4 Å². The molecule has 0 fully saturated rings. The molecule has 0 aliphatic carbocycles. The topological polar surface area (TPSA) is 0 Å². The van der Waals surface area contributed by atoms with Gasteiger partial charge in [-0.1, -0.05) is 65.3 Å². The summed E-state index contributed by atoms with van der Waals surface area (Å²) in [5.41, 5.74) is 6.74. The summed E-state index contributed by atoms with van der Waals surface area (Å²) >= 11 is 0. The van der Waals surface area contributed by atoms with E-state index in [0.717, 1.165) is 0 Å². The summed E-state index contributed by atoms with van der Waals surface area (Å²) in [7, 11) is -2.69. The lowest BCUT2D eigenvalue weighted by atomic mass is 10.2. The molecule has 0 bridgehead atoms. The van der Waals surface area contributed by atoms with Crippen LogP contribution >= 0.6 is 0 Å². The molecule has 0 spiro atoms. The van der Waals surface area contributed by atoms with Gasteiger partial charge < -0.3 is 0 Å². The van der Waals surface area contributed by atoms with Gasteiger partial charge in [-0.05, 0) is 17.2 Å². The van der Waals surface area contributed by atoms with Crippen LogP contribution in [-0.2, 0) is 0 Å². The highest BCUT2D eigenvalue weighted by atomic mass is 28.3. The molecule has 0 aromatic heterocycles. The second kappa shape index (κ2) is 5.76. The fourth-order valence-corrected chi connectivity index (χ4v) is 2.09. The highest BCUT2D eigenvalue weighted by molar-refractivity contribution is 6.87. The number of allylic oxidation sites excluding steroid dienone is 2. The van der Waals surface area contributed by atoms with Crippen molar-refractivity contribution in [3.8, 4) is 22.9 Å². The summed E-state index contributed by atoms with van der Waals surface area (Å²) in [5, 5.41) is 0.331. The minimum absolute atomic E-state index is 0.331. The van der Waals surface area contributed by atoms with E-state index in [4.69, 9.17) is 0 Å². The van der Waals surface area contributed by atoms with Gasteiger partial charge in [0.15, 0.2) is 0 Å². The van der Waals surface area contributed by atoms with Crippen molar-refractivity contribution in [2.24, 2.45) is 0 Å². The number of hydrogen-bond donors (Lipinski definition) is 0. The zero-order chi connectivity index (χ0) is 13.7. The van der Waals surface area contributed by atoms with E-state index >= 15 is 0 Å². The Balaban J connectivity index is 4.60. The van der Waals surface area contributed by atoms with Crippen molar-refractivity contribution in [3.05, 3.63) is 12.2 Å². The van der Waals surface area contributed by atoms with Crippen molar-refractivity contribution in [3.63, 3.8) is 0 Å². The zero-order valence-electron chi connectivity index (χ0n) is 12.7. The quantitative estimate of drug-likeness (QED) is 0.446. The molecular weight excluding hydrogens is 236 g/mol. The molecule has 0 atom stereocenters. The highest BCUT2D eigenvalue weighted by Crippen LogP contribution is 2.34. The summed E-state index contributed by atoms with van der Waals surface area (Å²) in [6, 6.07) is 0. The Morgan fingerprint density at radius 3 is 1.53 bits per heavy atom. The van der Waals surface area contributed by atoms with Gasteiger partial charge >= 0.3 is 0 Å². The molecule has 2 heteroatoms. The predicted molar refractivity (Wildman–Crippen MR) is 85.2 cm³/mol. The Labute approximate surface area is 110 Å². The monoisotopic (exact) mass is 262 g/mol. The van der Waals surface area contributed by atoms with E-state index in [1.807, 2.05) is 12.2 Å². The van der Waals surface area contributed by atoms with Gasteiger partial charge in [-0.3, -0.25) is 0 Å². The van der Waals surface area contributed by atoms with Crippen LogP contribution in [0.25, 0.3) is 0 Å². The van der Waals surface area contributed by atoms with E-state index in [-0.39, 0.29) is 0 Å². The van der Waals surface area contributed by atoms with Gasteiger partial charge in [0, 0.05) is 0 Å². The van der Waals surface area contributed by atoms with Gasteiger partial charge in [-0.25, -0.2) is 0 Å². The SMILES string of the molecule is CC(C)(C)[Si](C)(C)C#CC=CC#C[Si](C)(C)C. The van der Waals surface area contributed by atoms with Crippen LogP contribution in [0.3, 0.4) is 0 Å². The third-order valence-electron chi connectivity index (χ3n) is 2.96. The van der Waals surface area contributed by atoms with Crippen LogP contribution in [0.15, 0.2) is 12.2 Å². The van der Waals surface area contributed by atoms with Crippen molar-refractivity contribution in [1.29, 1.82) is 0 Å². The summed E-state index contributed by atoms with van der Waals surface area (Å²) in [4.78, 5) is 0. The molecule has 0 heterocycles. The van der Waals surface area contributed by atoms with Crippen LogP contribution in [-0.4, -0.2) is 16.1 Å². The standard InChI is InChI=1S/C15H26Si2/c1-15(2,3)17(7,8)14-12-10-9-11-13-16(4,5)6/h9-10H,1-8H3. The van der Waals surface area contributed by atoms with E-state index in [1.165, 1.54) is 0 Å². The van der Waals surface area contributed by atoms with Gasteiger partial charge in [0.1, 0.15) is 16.1 Å². The van der Waals surface area contributed by atoms with E-state index < -0.39 is 16.1 Å². The number of rotatable bonds is 0. The lowest BCUT2D eigenvalue weighted by Gasteiger charge is -2.31. The van der Waals surface area contributed by atoms with Crippen molar-refractivity contribution in [2.75, 3.05) is 0 Å². The Morgan fingerprint density at radius 2 is 1.18 bits per heavy atom. The number of hydrogen-bond acceptors (Lipinski definition) is 0. The van der Waals surface area contributed by atoms with E-state index in [1.54, 1.807) is 0 Å². The second-order valence-corrected chi connectivity index (χ2v) is 16.7. The lowest BCUT2D eigenvalue weighted by Crippen LogP contribution is -2.35. The molecule has 0 aromatic carbocycles. The van der Waals surface area contributed by atoms with E-state index in [9.17, 15) is 0 Å². The van der Waals surface area contributed by atoms with Crippen molar-refractivity contribution in [2.45, 2.75) is 58.5 Å². The van der Waals surface area contributed by atoms with Crippen LogP contribution in [0.2, 0.25) is 37.8 Å². The summed E-state index contributed by atoms with van der Waals surface area (Å²) in [5.74, 6) is 6.26. The van der Waals surface area contributed by atoms with Crippen LogP contribution in [0.5, 0.6) is 0 Å². The normalized spacial score (nSPS) is 12.7.